The highest BCUT2D eigenvalue weighted by Crippen LogP contribution is 2.26. The summed E-state index contributed by atoms with van der Waals surface area (Å²) in [4.78, 5) is 0.0951. The summed E-state index contributed by atoms with van der Waals surface area (Å²) >= 11 is 11.6. The summed E-state index contributed by atoms with van der Waals surface area (Å²) in [5, 5.41) is 0.518. The molecule has 1 heterocycles. The van der Waals surface area contributed by atoms with Gasteiger partial charge in [0.05, 0.1) is 21.5 Å². The van der Waals surface area contributed by atoms with Crippen LogP contribution in [0.25, 0.3) is 0 Å². The van der Waals surface area contributed by atoms with Crippen molar-refractivity contribution in [3.05, 3.63) is 51.9 Å². The molecule has 0 aliphatic carbocycles. The van der Waals surface area contributed by atoms with Crippen molar-refractivity contribution < 1.29 is 12.8 Å². The van der Waals surface area contributed by atoms with Crippen LogP contribution in [-0.4, -0.2) is 19.8 Å². The van der Waals surface area contributed by atoms with Gasteiger partial charge in [-0.15, -0.1) is 0 Å². The van der Waals surface area contributed by atoms with E-state index >= 15 is 0 Å². The molecular weight excluding hydrogens is 321 g/mol. The molecular formula is C13H13Cl2NO3S. The zero-order valence-electron chi connectivity index (χ0n) is 10.9. The van der Waals surface area contributed by atoms with Crippen molar-refractivity contribution >= 4 is 33.2 Å². The molecule has 0 amide bonds. The third-order valence-electron chi connectivity index (χ3n) is 2.77. The molecule has 108 valence electrons. The van der Waals surface area contributed by atoms with Gasteiger partial charge in [-0.3, -0.25) is 0 Å². The maximum atomic E-state index is 12.4. The summed E-state index contributed by atoms with van der Waals surface area (Å²) in [6.45, 7) is 1.95. The maximum Gasteiger partial charge on any atom is 0.243 e. The normalized spacial score (nSPS) is 12.1. The number of sulfonamides is 1. The van der Waals surface area contributed by atoms with Crippen molar-refractivity contribution in [2.75, 3.05) is 7.05 Å². The monoisotopic (exact) mass is 333 g/mol. The topological polar surface area (TPSA) is 50.5 Å². The van der Waals surface area contributed by atoms with E-state index in [1.54, 1.807) is 19.1 Å². The molecule has 20 heavy (non-hydrogen) atoms. The zero-order chi connectivity index (χ0) is 14.9. The molecule has 7 heteroatoms. The molecule has 0 spiro atoms. The lowest BCUT2D eigenvalue weighted by Gasteiger charge is -2.16. The summed E-state index contributed by atoms with van der Waals surface area (Å²) in [5.74, 6) is 1.31. The Kier molecular flexibility index (Phi) is 4.44. The summed E-state index contributed by atoms with van der Waals surface area (Å²) < 4.78 is 31.4. The van der Waals surface area contributed by atoms with Crippen molar-refractivity contribution in [2.45, 2.75) is 18.4 Å². The molecule has 0 aliphatic heterocycles. The van der Waals surface area contributed by atoms with Gasteiger partial charge in [0.15, 0.2) is 0 Å². The van der Waals surface area contributed by atoms with E-state index < -0.39 is 10.0 Å². The minimum atomic E-state index is -3.64. The second kappa shape index (κ2) is 5.77. The van der Waals surface area contributed by atoms with E-state index in [1.807, 2.05) is 0 Å². The molecule has 0 fully saturated rings. The van der Waals surface area contributed by atoms with Crippen LogP contribution in [0.4, 0.5) is 0 Å². The number of halogens is 2. The minimum absolute atomic E-state index is 0.0951. The summed E-state index contributed by atoms with van der Waals surface area (Å²) in [6.07, 6.45) is 0. The van der Waals surface area contributed by atoms with Gasteiger partial charge >= 0.3 is 0 Å². The Balaban J connectivity index is 2.27. The number of hydrogen-bond acceptors (Lipinski definition) is 3. The molecule has 0 saturated carbocycles. The van der Waals surface area contributed by atoms with E-state index in [0.717, 1.165) is 5.76 Å². The predicted molar refractivity (Wildman–Crippen MR) is 78.6 cm³/mol. The van der Waals surface area contributed by atoms with Crippen LogP contribution in [0.2, 0.25) is 10.0 Å². The summed E-state index contributed by atoms with van der Waals surface area (Å²) in [5.41, 5.74) is 0. The first kappa shape index (κ1) is 15.4. The molecule has 1 aromatic carbocycles. The van der Waals surface area contributed by atoms with E-state index in [4.69, 9.17) is 27.6 Å². The van der Waals surface area contributed by atoms with Crippen LogP contribution in [0, 0.1) is 6.92 Å². The Hall–Kier alpha value is -1.01. The average Bonchev–Trinajstić information content (AvgIpc) is 2.78. The molecule has 0 bridgehead atoms. The fraction of sp³-hybridized carbons (Fsp3) is 0.231. The smallest absolute Gasteiger partial charge is 0.243 e. The molecule has 2 aromatic rings. The third kappa shape index (κ3) is 3.17. The lowest BCUT2D eigenvalue weighted by molar-refractivity contribution is 0.397. The summed E-state index contributed by atoms with van der Waals surface area (Å²) in [6, 6.07) is 7.75. The van der Waals surface area contributed by atoms with Gasteiger partial charge in [-0.25, -0.2) is 8.42 Å². The van der Waals surface area contributed by atoms with Gasteiger partial charge in [0.2, 0.25) is 10.0 Å². The second-order valence-electron chi connectivity index (χ2n) is 4.35. The Morgan fingerprint density at radius 1 is 1.15 bits per heavy atom. The van der Waals surface area contributed by atoms with Gasteiger partial charge in [-0.1, -0.05) is 23.2 Å². The van der Waals surface area contributed by atoms with Crippen molar-refractivity contribution in [3.63, 3.8) is 0 Å². The first-order valence-electron chi connectivity index (χ1n) is 5.77. The Morgan fingerprint density at radius 3 is 2.40 bits per heavy atom. The molecule has 0 atom stereocenters. The quantitative estimate of drug-likeness (QED) is 0.856. The Bertz CT molecular complexity index is 725. The molecule has 0 radical (unpaired) electrons. The summed E-state index contributed by atoms with van der Waals surface area (Å²) in [7, 11) is -2.16. The first-order chi connectivity index (χ1) is 9.30. The lowest BCUT2D eigenvalue weighted by Crippen LogP contribution is -2.26. The van der Waals surface area contributed by atoms with Crippen molar-refractivity contribution in [3.8, 4) is 0 Å². The average molecular weight is 334 g/mol. The number of rotatable bonds is 4. The standard InChI is InChI=1S/C13H13Cl2NO3S/c1-9-3-4-10(19-9)8-16(2)20(17,18)11-5-6-12(14)13(15)7-11/h3-7H,8H2,1-2H3. The molecule has 4 nitrogen and oxygen atoms in total. The highest BCUT2D eigenvalue weighted by Gasteiger charge is 2.22. The third-order valence-corrected chi connectivity index (χ3v) is 5.31. The largest absolute Gasteiger partial charge is 0.465 e. The van der Waals surface area contributed by atoms with E-state index in [9.17, 15) is 8.42 Å². The molecule has 1 aromatic heterocycles. The number of benzene rings is 1. The zero-order valence-corrected chi connectivity index (χ0v) is 13.3. The van der Waals surface area contributed by atoms with Crippen LogP contribution >= 0.6 is 23.2 Å². The van der Waals surface area contributed by atoms with E-state index in [1.165, 1.54) is 29.6 Å². The van der Waals surface area contributed by atoms with Gasteiger partial charge in [0, 0.05) is 7.05 Å². The Labute approximate surface area is 128 Å². The molecule has 0 saturated heterocycles. The molecule has 0 aliphatic rings. The van der Waals surface area contributed by atoms with Gasteiger partial charge in [0.25, 0.3) is 0 Å². The van der Waals surface area contributed by atoms with E-state index in [0.29, 0.717) is 10.8 Å². The van der Waals surface area contributed by atoms with Crippen LogP contribution < -0.4 is 0 Å². The van der Waals surface area contributed by atoms with Crippen LogP contribution in [-0.2, 0) is 16.6 Å². The lowest BCUT2D eigenvalue weighted by atomic mass is 10.4. The van der Waals surface area contributed by atoms with E-state index in [-0.39, 0.29) is 16.5 Å². The van der Waals surface area contributed by atoms with Gasteiger partial charge < -0.3 is 4.42 Å². The van der Waals surface area contributed by atoms with Crippen molar-refractivity contribution in [2.24, 2.45) is 0 Å². The number of aryl methyl sites for hydroxylation is 1. The Morgan fingerprint density at radius 2 is 1.85 bits per heavy atom. The maximum absolute atomic E-state index is 12.4. The molecule has 0 N–H and O–H groups in total. The second-order valence-corrected chi connectivity index (χ2v) is 7.21. The highest BCUT2D eigenvalue weighted by molar-refractivity contribution is 7.89. The van der Waals surface area contributed by atoms with E-state index in [2.05, 4.69) is 0 Å². The van der Waals surface area contributed by atoms with Crippen molar-refractivity contribution in [1.82, 2.24) is 4.31 Å². The number of furan rings is 1. The molecule has 0 unspecified atom stereocenters. The van der Waals surface area contributed by atoms with Crippen LogP contribution in [0.3, 0.4) is 0 Å². The fourth-order valence-electron chi connectivity index (χ4n) is 1.69. The SMILES string of the molecule is Cc1ccc(CN(C)S(=O)(=O)c2ccc(Cl)c(Cl)c2)o1. The van der Waals surface area contributed by atoms with Crippen LogP contribution in [0.5, 0.6) is 0 Å². The predicted octanol–water partition coefficient (Wildman–Crippen LogP) is 3.72. The number of nitrogens with zero attached hydrogens (tertiary/aromatic N) is 1. The highest BCUT2D eigenvalue weighted by atomic mass is 35.5. The van der Waals surface area contributed by atoms with Crippen molar-refractivity contribution in [1.29, 1.82) is 0 Å². The first-order valence-corrected chi connectivity index (χ1v) is 7.97. The van der Waals surface area contributed by atoms with Gasteiger partial charge in [-0.05, 0) is 37.3 Å². The van der Waals surface area contributed by atoms with Crippen LogP contribution in [0.15, 0.2) is 39.6 Å². The molecule has 2 rings (SSSR count). The minimum Gasteiger partial charge on any atom is -0.465 e. The van der Waals surface area contributed by atoms with Crippen LogP contribution in [0.1, 0.15) is 11.5 Å². The van der Waals surface area contributed by atoms with Gasteiger partial charge in [-0.2, -0.15) is 4.31 Å². The van der Waals surface area contributed by atoms with Gasteiger partial charge in [0.1, 0.15) is 11.5 Å². The number of hydrogen-bond donors (Lipinski definition) is 0. The fourth-order valence-corrected chi connectivity index (χ4v) is 3.22.